The van der Waals surface area contributed by atoms with E-state index in [9.17, 15) is 27.9 Å². The molecular formula is C37H35F4N3O3. The van der Waals surface area contributed by atoms with Gasteiger partial charge < -0.3 is 15.7 Å². The number of rotatable bonds is 7. The van der Waals surface area contributed by atoms with Crippen LogP contribution in [0.15, 0.2) is 84.9 Å². The second-order valence-corrected chi connectivity index (χ2v) is 12.3. The standard InChI is InChI=1S/C37H35F4N3O3/c1-22-7-6-11-31(38)33(22)36(47)44-32-12-5-2-8-24(32)19-29(34(44)23-13-16-27(17-14-23)42-26-9-3-4-10-26)35(46)43-28-18-15-25(21-45)30(20-28)37(39,40)41/h2,5-8,11-18,20,26,29,34,42,45H,3-4,9-10,19,21H2,1H3,(H,43,46). The van der Waals surface area contributed by atoms with Crippen molar-refractivity contribution in [2.24, 2.45) is 5.92 Å². The van der Waals surface area contributed by atoms with E-state index in [4.69, 9.17) is 0 Å². The minimum Gasteiger partial charge on any atom is -0.392 e. The van der Waals surface area contributed by atoms with E-state index in [1.54, 1.807) is 37.3 Å². The molecule has 1 aliphatic heterocycles. The number of hydrogen-bond acceptors (Lipinski definition) is 4. The number of nitrogens with zero attached hydrogens (tertiary/aromatic N) is 1. The zero-order valence-electron chi connectivity index (χ0n) is 25.8. The molecule has 3 N–H and O–H groups in total. The highest BCUT2D eigenvalue weighted by Gasteiger charge is 2.43. The van der Waals surface area contributed by atoms with Crippen LogP contribution in [-0.4, -0.2) is 23.0 Å². The van der Waals surface area contributed by atoms with E-state index < -0.39 is 47.9 Å². The summed E-state index contributed by atoms with van der Waals surface area (Å²) in [5.41, 5.74) is 1.53. The van der Waals surface area contributed by atoms with Crippen molar-refractivity contribution in [2.75, 3.05) is 15.5 Å². The van der Waals surface area contributed by atoms with Crippen LogP contribution in [0.5, 0.6) is 0 Å². The SMILES string of the molecule is Cc1cccc(F)c1C(=O)N1c2ccccc2CC(C(=O)Nc2ccc(CO)c(C(F)(F)F)c2)C1c1ccc(NC2CCCC2)cc1. The molecule has 0 spiro atoms. The highest BCUT2D eigenvalue weighted by molar-refractivity contribution is 6.09. The molecule has 4 aromatic rings. The Labute approximate surface area is 270 Å². The number of carbonyl (C=O) groups excluding carboxylic acids is 2. The summed E-state index contributed by atoms with van der Waals surface area (Å²) in [6.45, 7) is 0.825. The zero-order chi connectivity index (χ0) is 33.3. The zero-order valence-corrected chi connectivity index (χ0v) is 25.8. The lowest BCUT2D eigenvalue weighted by molar-refractivity contribution is -0.138. The Morgan fingerprint density at radius 3 is 2.30 bits per heavy atom. The summed E-state index contributed by atoms with van der Waals surface area (Å²) in [7, 11) is 0. The molecule has 10 heteroatoms. The van der Waals surface area contributed by atoms with Gasteiger partial charge in [0.1, 0.15) is 5.82 Å². The number of benzene rings is 4. The molecule has 2 amide bonds. The van der Waals surface area contributed by atoms with E-state index in [1.165, 1.54) is 23.1 Å². The number of fused-ring (bicyclic) bond motifs is 1. The van der Waals surface area contributed by atoms with Crippen molar-refractivity contribution in [3.63, 3.8) is 0 Å². The van der Waals surface area contributed by atoms with Crippen molar-refractivity contribution in [1.29, 1.82) is 0 Å². The number of amides is 2. The van der Waals surface area contributed by atoms with Gasteiger partial charge in [0.2, 0.25) is 5.91 Å². The Morgan fingerprint density at radius 2 is 1.62 bits per heavy atom. The van der Waals surface area contributed by atoms with Crippen molar-refractivity contribution in [1.82, 2.24) is 0 Å². The normalized spacial score (nSPS) is 18.1. The molecule has 0 bridgehead atoms. The van der Waals surface area contributed by atoms with Gasteiger partial charge in [0, 0.05) is 23.1 Å². The van der Waals surface area contributed by atoms with Gasteiger partial charge in [-0.2, -0.15) is 13.2 Å². The predicted octanol–water partition coefficient (Wildman–Crippen LogP) is 8.20. The summed E-state index contributed by atoms with van der Waals surface area (Å²) in [4.78, 5) is 30.0. The van der Waals surface area contributed by atoms with E-state index >= 15 is 4.39 Å². The van der Waals surface area contributed by atoms with Gasteiger partial charge in [-0.1, -0.05) is 61.4 Å². The lowest BCUT2D eigenvalue weighted by Gasteiger charge is -2.42. The van der Waals surface area contributed by atoms with Gasteiger partial charge in [0.15, 0.2) is 0 Å². The number of hydrogen-bond donors (Lipinski definition) is 3. The molecule has 0 saturated heterocycles. The summed E-state index contributed by atoms with van der Waals surface area (Å²) < 4.78 is 56.6. The van der Waals surface area contributed by atoms with Crippen LogP contribution < -0.4 is 15.5 Å². The number of aliphatic hydroxyl groups excluding tert-OH is 1. The molecule has 1 heterocycles. The first-order valence-electron chi connectivity index (χ1n) is 15.7. The van der Waals surface area contributed by atoms with Crippen molar-refractivity contribution in [2.45, 2.75) is 63.9 Å². The van der Waals surface area contributed by atoms with Crippen LogP contribution in [0.1, 0.15) is 69.9 Å². The second kappa shape index (κ2) is 13.2. The number of anilines is 3. The molecule has 0 radical (unpaired) electrons. The van der Waals surface area contributed by atoms with Crippen molar-refractivity contribution in [3.8, 4) is 0 Å². The Bertz CT molecular complexity index is 1760. The van der Waals surface area contributed by atoms with Crippen LogP contribution in [0, 0.1) is 18.7 Å². The fourth-order valence-electron chi connectivity index (χ4n) is 6.85. The number of halogens is 4. The number of nitrogens with one attached hydrogen (secondary N) is 2. The first-order valence-corrected chi connectivity index (χ1v) is 15.7. The lowest BCUT2D eigenvalue weighted by Crippen LogP contribution is -2.47. The molecule has 1 aliphatic carbocycles. The van der Waals surface area contributed by atoms with Crippen LogP contribution >= 0.6 is 0 Å². The molecule has 6 nitrogen and oxygen atoms in total. The largest absolute Gasteiger partial charge is 0.416 e. The van der Waals surface area contributed by atoms with Gasteiger partial charge >= 0.3 is 6.18 Å². The first kappa shape index (κ1) is 32.2. The van der Waals surface area contributed by atoms with Crippen molar-refractivity contribution in [3.05, 3.63) is 124 Å². The number of alkyl halides is 3. The minimum atomic E-state index is -4.75. The quantitative estimate of drug-likeness (QED) is 0.177. The lowest BCUT2D eigenvalue weighted by atomic mass is 9.80. The minimum absolute atomic E-state index is 0.101. The fraction of sp³-hybridized carbons (Fsp3) is 0.297. The third kappa shape index (κ3) is 6.60. The van der Waals surface area contributed by atoms with Crippen LogP contribution in [0.3, 0.4) is 0 Å². The van der Waals surface area contributed by atoms with Crippen LogP contribution in [0.4, 0.5) is 34.6 Å². The van der Waals surface area contributed by atoms with Crippen LogP contribution in [0.2, 0.25) is 0 Å². The van der Waals surface area contributed by atoms with E-state index in [0.717, 1.165) is 43.5 Å². The highest BCUT2D eigenvalue weighted by Crippen LogP contribution is 2.44. The molecule has 6 rings (SSSR count). The van der Waals surface area contributed by atoms with Crippen molar-refractivity contribution < 1.29 is 32.3 Å². The van der Waals surface area contributed by atoms with Gasteiger partial charge in [-0.05, 0) is 84.8 Å². The number of para-hydroxylation sites is 1. The average Bonchev–Trinajstić information content (AvgIpc) is 3.56. The number of carbonyl (C=O) groups is 2. The molecule has 244 valence electrons. The molecule has 47 heavy (non-hydrogen) atoms. The van der Waals surface area contributed by atoms with E-state index in [0.29, 0.717) is 28.4 Å². The molecule has 0 aromatic heterocycles. The van der Waals surface area contributed by atoms with Crippen LogP contribution in [0.25, 0.3) is 0 Å². The number of aryl methyl sites for hydroxylation is 1. The Balaban J connectivity index is 1.44. The smallest absolute Gasteiger partial charge is 0.392 e. The second-order valence-electron chi connectivity index (χ2n) is 12.3. The van der Waals surface area contributed by atoms with E-state index in [1.807, 2.05) is 24.3 Å². The maximum Gasteiger partial charge on any atom is 0.416 e. The van der Waals surface area contributed by atoms with Gasteiger partial charge in [-0.15, -0.1) is 0 Å². The van der Waals surface area contributed by atoms with Crippen LogP contribution in [-0.2, 0) is 24.0 Å². The number of aliphatic hydroxyl groups is 1. The Morgan fingerprint density at radius 1 is 0.915 bits per heavy atom. The third-order valence-corrected chi connectivity index (χ3v) is 9.17. The fourth-order valence-corrected chi connectivity index (χ4v) is 6.85. The third-order valence-electron chi connectivity index (χ3n) is 9.17. The Kier molecular flexibility index (Phi) is 9.05. The van der Waals surface area contributed by atoms with Crippen molar-refractivity contribution >= 4 is 28.9 Å². The summed E-state index contributed by atoms with van der Waals surface area (Å²) in [5, 5.41) is 15.6. The Hall–Kier alpha value is -4.70. The molecule has 2 aliphatic rings. The average molecular weight is 646 g/mol. The first-order chi connectivity index (χ1) is 22.5. The summed E-state index contributed by atoms with van der Waals surface area (Å²) >= 11 is 0. The van der Waals surface area contributed by atoms with Gasteiger partial charge in [-0.25, -0.2) is 4.39 Å². The monoisotopic (exact) mass is 645 g/mol. The molecule has 1 saturated carbocycles. The summed E-state index contributed by atoms with van der Waals surface area (Å²) in [6, 6.07) is 21.6. The summed E-state index contributed by atoms with van der Waals surface area (Å²) in [5.74, 6) is -2.89. The van der Waals surface area contributed by atoms with Gasteiger partial charge in [-0.3, -0.25) is 14.5 Å². The van der Waals surface area contributed by atoms with Gasteiger partial charge in [0.25, 0.3) is 5.91 Å². The molecule has 4 aromatic carbocycles. The highest BCUT2D eigenvalue weighted by atomic mass is 19.4. The predicted molar refractivity (Wildman–Crippen MR) is 173 cm³/mol. The van der Waals surface area contributed by atoms with E-state index in [-0.39, 0.29) is 23.2 Å². The molecular weight excluding hydrogens is 610 g/mol. The maximum absolute atomic E-state index is 15.3. The van der Waals surface area contributed by atoms with Gasteiger partial charge in [0.05, 0.1) is 29.7 Å². The molecule has 2 atom stereocenters. The maximum atomic E-state index is 15.3. The molecule has 2 unspecified atom stereocenters. The van der Waals surface area contributed by atoms with E-state index in [2.05, 4.69) is 10.6 Å². The molecule has 1 fully saturated rings. The topological polar surface area (TPSA) is 81.7 Å². The summed E-state index contributed by atoms with van der Waals surface area (Å²) in [6.07, 6.45) is -0.108.